The molecule has 14 heteroatoms. The number of nitrogens with one attached hydrogen (secondary N) is 3. The fourth-order valence-corrected chi connectivity index (χ4v) is 7.49. The number of carboxylic acids is 1. The quantitative estimate of drug-likeness (QED) is 0.110. The Bertz CT molecular complexity index is 1760. The van der Waals surface area contributed by atoms with Gasteiger partial charge in [0.25, 0.3) is 5.91 Å². The SMILES string of the molecule is CCCCN(Cc1cccs1)S(=O)(=O)c1ccccc1NC(=O)NC(Cc1ccc(NC(=O)c2c(Cl)cccc2Cl)cc1)C(=O)O. The minimum Gasteiger partial charge on any atom is -0.480 e. The van der Waals surface area contributed by atoms with Crippen LogP contribution in [-0.4, -0.2) is 48.3 Å². The fraction of sp³-hybridized carbons (Fsp3) is 0.219. The van der Waals surface area contributed by atoms with Crippen molar-refractivity contribution in [3.05, 3.63) is 110 Å². The van der Waals surface area contributed by atoms with Crippen molar-refractivity contribution >= 4 is 73.8 Å². The summed E-state index contributed by atoms with van der Waals surface area (Å²) in [6.45, 7) is 2.46. The number of nitrogens with zero attached hydrogens (tertiary/aromatic N) is 1. The second kappa shape index (κ2) is 16.1. The van der Waals surface area contributed by atoms with Crippen LogP contribution in [0.25, 0.3) is 0 Å². The molecule has 242 valence electrons. The van der Waals surface area contributed by atoms with Crippen LogP contribution in [-0.2, 0) is 27.8 Å². The number of rotatable bonds is 14. The lowest BCUT2D eigenvalue weighted by Gasteiger charge is -2.23. The van der Waals surface area contributed by atoms with Crippen molar-refractivity contribution < 1.29 is 27.9 Å². The zero-order valence-electron chi connectivity index (χ0n) is 24.7. The number of thiophene rings is 1. The van der Waals surface area contributed by atoms with Crippen molar-refractivity contribution in [1.29, 1.82) is 0 Å². The first-order chi connectivity index (χ1) is 22.0. The predicted molar refractivity (Wildman–Crippen MR) is 181 cm³/mol. The molecule has 46 heavy (non-hydrogen) atoms. The van der Waals surface area contributed by atoms with E-state index in [-0.39, 0.29) is 39.2 Å². The summed E-state index contributed by atoms with van der Waals surface area (Å²) in [5, 5.41) is 19.7. The first-order valence-corrected chi connectivity index (χ1v) is 17.3. The van der Waals surface area contributed by atoms with Crippen LogP contribution in [0.5, 0.6) is 0 Å². The molecule has 0 bridgehead atoms. The molecule has 0 saturated heterocycles. The average molecular weight is 704 g/mol. The standard InChI is InChI=1S/C32H32Cl2N4O6S2/c1-2-3-17-38(20-23-8-7-18-45-23)46(43,44)28-12-5-4-11-26(28)36-32(42)37-27(31(40)41)19-21-13-15-22(16-14-21)35-30(39)29-24(33)9-6-10-25(29)34/h4-16,18,27H,2-3,17,19-20H2,1H3,(H,35,39)(H,40,41)(H2,36,37,42). The van der Waals surface area contributed by atoms with Gasteiger partial charge in [0.1, 0.15) is 10.9 Å². The first kappa shape index (κ1) is 34.9. The van der Waals surface area contributed by atoms with Crippen LogP contribution in [0.3, 0.4) is 0 Å². The third-order valence-electron chi connectivity index (χ3n) is 6.87. The van der Waals surface area contributed by atoms with E-state index >= 15 is 0 Å². The van der Waals surface area contributed by atoms with Crippen molar-refractivity contribution in [3.8, 4) is 0 Å². The first-order valence-electron chi connectivity index (χ1n) is 14.3. The summed E-state index contributed by atoms with van der Waals surface area (Å²) in [5.74, 6) is -1.80. The molecule has 0 aliphatic rings. The number of carbonyl (C=O) groups is 3. The molecule has 0 fully saturated rings. The molecule has 4 N–H and O–H groups in total. The Kier molecular flexibility index (Phi) is 12.2. The van der Waals surface area contributed by atoms with Gasteiger partial charge in [-0.15, -0.1) is 11.3 Å². The maximum Gasteiger partial charge on any atom is 0.326 e. The number of aliphatic carboxylic acids is 1. The third-order valence-corrected chi connectivity index (χ3v) is 10.3. The number of hydrogen-bond donors (Lipinski definition) is 4. The molecule has 3 amide bonds. The van der Waals surface area contributed by atoms with E-state index in [2.05, 4.69) is 16.0 Å². The average Bonchev–Trinajstić information content (AvgIpc) is 3.53. The highest BCUT2D eigenvalue weighted by molar-refractivity contribution is 7.89. The summed E-state index contributed by atoms with van der Waals surface area (Å²) < 4.78 is 28.9. The molecule has 4 aromatic rings. The van der Waals surface area contributed by atoms with Crippen LogP contribution < -0.4 is 16.0 Å². The summed E-state index contributed by atoms with van der Waals surface area (Å²) in [6, 6.07) is 18.6. The highest BCUT2D eigenvalue weighted by atomic mass is 35.5. The number of para-hydroxylation sites is 1. The number of anilines is 2. The van der Waals surface area contributed by atoms with E-state index in [1.54, 1.807) is 54.6 Å². The molecule has 4 rings (SSSR count). The van der Waals surface area contributed by atoms with Crippen LogP contribution >= 0.6 is 34.5 Å². The van der Waals surface area contributed by atoms with Gasteiger partial charge in [0, 0.05) is 30.1 Å². The van der Waals surface area contributed by atoms with Gasteiger partial charge in [0.15, 0.2) is 0 Å². The zero-order chi connectivity index (χ0) is 33.3. The molecule has 0 spiro atoms. The minimum atomic E-state index is -4.02. The van der Waals surface area contributed by atoms with Crippen LogP contribution in [0.2, 0.25) is 10.0 Å². The second-order valence-corrected chi connectivity index (χ2v) is 14.0. The van der Waals surface area contributed by atoms with Gasteiger partial charge in [-0.1, -0.05) is 72.9 Å². The molecule has 10 nitrogen and oxygen atoms in total. The number of amides is 3. The molecule has 0 aliphatic carbocycles. The van der Waals surface area contributed by atoms with E-state index in [0.29, 0.717) is 24.2 Å². The minimum absolute atomic E-state index is 0.0236. The van der Waals surface area contributed by atoms with Crippen molar-refractivity contribution in [2.24, 2.45) is 0 Å². The topological polar surface area (TPSA) is 145 Å². The molecule has 1 atom stereocenters. The maximum absolute atomic E-state index is 13.8. The van der Waals surface area contributed by atoms with Crippen molar-refractivity contribution in [2.75, 3.05) is 17.2 Å². The molecule has 0 aliphatic heterocycles. The van der Waals surface area contributed by atoms with E-state index in [1.807, 2.05) is 24.4 Å². The number of benzene rings is 3. The number of urea groups is 1. The number of hydrogen-bond acceptors (Lipinski definition) is 6. The summed E-state index contributed by atoms with van der Waals surface area (Å²) in [4.78, 5) is 38.5. The third kappa shape index (κ3) is 9.08. The van der Waals surface area contributed by atoms with Crippen molar-refractivity contribution in [1.82, 2.24) is 9.62 Å². The Hall–Kier alpha value is -3.94. The molecular weight excluding hydrogens is 671 g/mol. The van der Waals surface area contributed by atoms with E-state index in [0.717, 1.165) is 11.3 Å². The Labute approximate surface area is 281 Å². The lowest BCUT2D eigenvalue weighted by atomic mass is 10.1. The second-order valence-electron chi connectivity index (χ2n) is 10.2. The van der Waals surface area contributed by atoms with E-state index in [1.165, 1.54) is 27.8 Å². The Morgan fingerprint density at radius 1 is 0.913 bits per heavy atom. The molecule has 0 saturated carbocycles. The van der Waals surface area contributed by atoms with E-state index in [9.17, 15) is 27.9 Å². The largest absolute Gasteiger partial charge is 0.480 e. The summed E-state index contributed by atoms with van der Waals surface area (Å²) in [7, 11) is -4.02. The Morgan fingerprint density at radius 2 is 1.61 bits per heavy atom. The van der Waals surface area contributed by atoms with E-state index in [4.69, 9.17) is 23.2 Å². The molecular formula is C32H32Cl2N4O6S2. The van der Waals surface area contributed by atoms with Crippen LogP contribution in [0, 0.1) is 0 Å². The highest BCUT2D eigenvalue weighted by Crippen LogP contribution is 2.28. The van der Waals surface area contributed by atoms with Crippen LogP contribution in [0.15, 0.2) is 89.1 Å². The van der Waals surface area contributed by atoms with Crippen LogP contribution in [0.1, 0.15) is 40.6 Å². The summed E-state index contributed by atoms with van der Waals surface area (Å²) in [5.41, 5.74) is 1.13. The lowest BCUT2D eigenvalue weighted by Crippen LogP contribution is -2.44. The van der Waals surface area contributed by atoms with Gasteiger partial charge in [0.05, 0.1) is 21.3 Å². The number of unbranched alkanes of at least 4 members (excludes halogenated alkanes) is 1. The predicted octanol–water partition coefficient (Wildman–Crippen LogP) is 7.12. The van der Waals surface area contributed by atoms with Crippen molar-refractivity contribution in [3.63, 3.8) is 0 Å². The number of sulfonamides is 1. The molecule has 1 unspecified atom stereocenters. The Morgan fingerprint density at radius 3 is 2.24 bits per heavy atom. The van der Waals surface area contributed by atoms with Gasteiger partial charge in [0.2, 0.25) is 10.0 Å². The number of carbonyl (C=O) groups excluding carboxylic acids is 2. The summed E-state index contributed by atoms with van der Waals surface area (Å²) >= 11 is 13.7. The zero-order valence-corrected chi connectivity index (χ0v) is 27.8. The van der Waals surface area contributed by atoms with Gasteiger partial charge in [-0.05, 0) is 59.8 Å². The molecule has 0 radical (unpaired) electrons. The molecule has 1 aromatic heterocycles. The monoisotopic (exact) mass is 702 g/mol. The smallest absolute Gasteiger partial charge is 0.326 e. The van der Waals surface area contributed by atoms with Gasteiger partial charge in [-0.3, -0.25) is 4.79 Å². The summed E-state index contributed by atoms with van der Waals surface area (Å²) in [6.07, 6.45) is 1.37. The Balaban J connectivity index is 1.44. The van der Waals surface area contributed by atoms with Gasteiger partial charge in [-0.2, -0.15) is 4.31 Å². The lowest BCUT2D eigenvalue weighted by molar-refractivity contribution is -0.139. The van der Waals surface area contributed by atoms with E-state index < -0.39 is 34.0 Å². The number of halogens is 2. The van der Waals surface area contributed by atoms with Crippen molar-refractivity contribution in [2.45, 2.75) is 43.7 Å². The number of carboxylic acid groups (broad SMARTS) is 1. The van der Waals surface area contributed by atoms with Crippen LogP contribution in [0.4, 0.5) is 16.2 Å². The molecule has 3 aromatic carbocycles. The van der Waals surface area contributed by atoms with Gasteiger partial charge in [-0.25, -0.2) is 18.0 Å². The fourth-order valence-electron chi connectivity index (χ4n) is 4.51. The maximum atomic E-state index is 13.8. The van der Waals surface area contributed by atoms with Gasteiger partial charge >= 0.3 is 12.0 Å². The highest BCUT2D eigenvalue weighted by Gasteiger charge is 2.28. The normalized spacial score (nSPS) is 12.0. The van der Waals surface area contributed by atoms with Gasteiger partial charge < -0.3 is 21.1 Å². The molecule has 1 heterocycles.